The fraction of sp³-hybridized carbons (Fsp3) is 0. The van der Waals surface area contributed by atoms with E-state index in [4.69, 9.17) is 27.7 Å². The van der Waals surface area contributed by atoms with Crippen molar-refractivity contribution in [1.29, 1.82) is 0 Å². The van der Waals surface area contributed by atoms with Gasteiger partial charge in [0.15, 0.2) is 0 Å². The minimum Gasteiger partial charge on any atom is -0.281 e. The molecule has 6 heteroatoms. The number of hydrogen-bond acceptors (Lipinski definition) is 2. The molecule has 3 aromatic rings. The molecule has 0 unspecified atom stereocenters. The number of hydrogen-bond donors (Lipinski definition) is 1. The monoisotopic (exact) mass is 331 g/mol. The summed E-state index contributed by atoms with van der Waals surface area (Å²) >= 11 is 11.8. The van der Waals surface area contributed by atoms with Crippen LogP contribution in [-0.2, 0) is 0 Å². The van der Waals surface area contributed by atoms with Crippen molar-refractivity contribution in [2.24, 2.45) is 0 Å². The molecule has 0 aliphatic carbocycles. The summed E-state index contributed by atoms with van der Waals surface area (Å²) in [6, 6.07) is 14.0. The van der Waals surface area contributed by atoms with Crippen molar-refractivity contribution in [3.8, 4) is 17.5 Å². The summed E-state index contributed by atoms with van der Waals surface area (Å²) in [5.74, 6) is 5.69. The van der Waals surface area contributed by atoms with Crippen LogP contribution in [0.2, 0.25) is 10.0 Å². The van der Waals surface area contributed by atoms with Crippen LogP contribution in [0.3, 0.4) is 0 Å². The molecule has 0 aliphatic rings. The third kappa shape index (κ3) is 3.06. The van der Waals surface area contributed by atoms with Crippen LogP contribution in [0.4, 0.5) is 0 Å². The van der Waals surface area contributed by atoms with E-state index in [1.54, 1.807) is 48.5 Å². The first-order valence-electron chi connectivity index (χ1n) is 6.30. The number of rotatable bonds is 1. The minimum absolute atomic E-state index is 0.183. The Bertz CT molecular complexity index is 931. The average molecular weight is 332 g/mol. The van der Waals surface area contributed by atoms with Gasteiger partial charge < -0.3 is 0 Å². The predicted octanol–water partition coefficient (Wildman–Crippen LogP) is 2.95. The lowest BCUT2D eigenvalue weighted by molar-refractivity contribution is -0.672. The van der Waals surface area contributed by atoms with E-state index in [9.17, 15) is 4.79 Å². The smallest absolute Gasteiger partial charge is 0.281 e. The molecule has 0 radical (unpaired) electrons. The van der Waals surface area contributed by atoms with Crippen LogP contribution in [0.15, 0.2) is 57.8 Å². The Balaban J connectivity index is 2.04. The quantitative estimate of drug-likeness (QED) is 0.550. The van der Waals surface area contributed by atoms with Crippen molar-refractivity contribution in [1.82, 2.24) is 5.27 Å². The zero-order valence-electron chi connectivity index (χ0n) is 11.1. The molecular weight excluding hydrogens is 323 g/mol. The van der Waals surface area contributed by atoms with E-state index in [0.717, 1.165) is 0 Å². The Morgan fingerprint density at radius 1 is 1.00 bits per heavy atom. The van der Waals surface area contributed by atoms with E-state index in [-0.39, 0.29) is 5.69 Å². The normalized spacial score (nSPS) is 10.1. The van der Waals surface area contributed by atoms with Crippen LogP contribution in [0, 0.1) is 11.8 Å². The maximum Gasteiger partial charge on any atom is 0.444 e. The van der Waals surface area contributed by atoms with Gasteiger partial charge in [0.1, 0.15) is 0 Å². The molecule has 0 amide bonds. The topological polar surface area (TPSA) is 49.9 Å². The predicted molar refractivity (Wildman–Crippen MR) is 83.3 cm³/mol. The van der Waals surface area contributed by atoms with Crippen LogP contribution < -0.4 is 10.3 Å². The van der Waals surface area contributed by atoms with Crippen LogP contribution in [-0.4, -0.2) is 5.27 Å². The number of aromatic amines is 1. The lowest BCUT2D eigenvalue weighted by Crippen LogP contribution is -2.37. The van der Waals surface area contributed by atoms with Crippen LogP contribution in [0.1, 0.15) is 11.3 Å². The summed E-state index contributed by atoms with van der Waals surface area (Å²) in [5, 5.41) is 3.70. The summed E-state index contributed by atoms with van der Waals surface area (Å²) in [4.78, 5) is 11.8. The average Bonchev–Trinajstić information content (AvgIpc) is 2.87. The highest BCUT2D eigenvalue weighted by Crippen LogP contribution is 2.10. The zero-order chi connectivity index (χ0) is 15.5. The van der Waals surface area contributed by atoms with E-state index in [1.807, 2.05) is 0 Å². The van der Waals surface area contributed by atoms with Gasteiger partial charge in [-0.25, -0.2) is 4.79 Å². The van der Waals surface area contributed by atoms with Crippen LogP contribution in [0.5, 0.6) is 0 Å². The Hall–Kier alpha value is -2.48. The van der Waals surface area contributed by atoms with Gasteiger partial charge in [0.05, 0.1) is 0 Å². The molecular formula is C16H9Cl2N2O2+. The van der Waals surface area contributed by atoms with Gasteiger partial charge in [-0.3, -0.25) is 4.52 Å². The van der Waals surface area contributed by atoms with E-state index >= 15 is 0 Å². The first-order valence-corrected chi connectivity index (χ1v) is 7.06. The second-order valence-electron chi connectivity index (χ2n) is 4.40. The Labute approximate surface area is 135 Å². The molecule has 108 valence electrons. The highest BCUT2D eigenvalue weighted by atomic mass is 35.5. The standard InChI is InChI=1S/C16H8Cl2N2O2/c17-12-5-7-14(8-6-12)20-15(16(21)22-19-20)9-4-11-2-1-3-13(18)10-11/h1-3,5-8,10H/p+1. The minimum atomic E-state index is -0.551. The van der Waals surface area contributed by atoms with Gasteiger partial charge in [-0.15, -0.1) is 0 Å². The van der Waals surface area contributed by atoms with Gasteiger partial charge in [-0.2, -0.15) is 0 Å². The maximum absolute atomic E-state index is 11.8. The first-order chi connectivity index (χ1) is 10.6. The Morgan fingerprint density at radius 3 is 2.50 bits per heavy atom. The van der Waals surface area contributed by atoms with Crippen molar-refractivity contribution < 1.29 is 9.20 Å². The molecule has 22 heavy (non-hydrogen) atoms. The van der Waals surface area contributed by atoms with Gasteiger partial charge in [-0.05, 0) is 40.3 Å². The Morgan fingerprint density at radius 2 is 1.77 bits per heavy atom. The van der Waals surface area contributed by atoms with Gasteiger partial charge >= 0.3 is 11.3 Å². The number of halogens is 2. The fourth-order valence-corrected chi connectivity index (χ4v) is 2.17. The number of nitrogens with zero attached hydrogens (tertiary/aromatic N) is 1. The number of benzene rings is 2. The molecule has 0 saturated carbocycles. The van der Waals surface area contributed by atoms with Gasteiger partial charge in [-0.1, -0.05) is 35.2 Å². The second kappa shape index (κ2) is 6.10. The molecule has 0 saturated heterocycles. The van der Waals surface area contributed by atoms with Crippen molar-refractivity contribution in [2.45, 2.75) is 0 Å². The fourth-order valence-electron chi connectivity index (χ4n) is 1.85. The SMILES string of the molecule is O=c1o[nH][n+](-c2ccc(Cl)cc2)c1C#Cc1cccc(Cl)c1. The highest BCUT2D eigenvalue weighted by molar-refractivity contribution is 6.30. The highest BCUT2D eigenvalue weighted by Gasteiger charge is 2.21. The third-order valence-corrected chi connectivity index (χ3v) is 3.37. The maximum atomic E-state index is 11.8. The van der Waals surface area contributed by atoms with Crippen LogP contribution in [0.25, 0.3) is 5.69 Å². The van der Waals surface area contributed by atoms with E-state index < -0.39 is 5.63 Å². The first kappa shape index (κ1) is 14.5. The zero-order valence-corrected chi connectivity index (χ0v) is 12.7. The van der Waals surface area contributed by atoms with Crippen LogP contribution >= 0.6 is 23.2 Å². The van der Waals surface area contributed by atoms with E-state index in [0.29, 0.717) is 21.3 Å². The van der Waals surface area contributed by atoms with E-state index in [2.05, 4.69) is 17.1 Å². The molecule has 3 rings (SSSR count). The molecule has 0 bridgehead atoms. The molecule has 4 nitrogen and oxygen atoms in total. The summed E-state index contributed by atoms with van der Waals surface area (Å²) in [7, 11) is 0. The summed E-state index contributed by atoms with van der Waals surface area (Å²) < 4.78 is 6.27. The van der Waals surface area contributed by atoms with Gasteiger partial charge in [0.25, 0.3) is 0 Å². The summed E-state index contributed by atoms with van der Waals surface area (Å²) in [5.41, 5.74) is 1.02. The van der Waals surface area contributed by atoms with Crippen molar-refractivity contribution in [2.75, 3.05) is 0 Å². The third-order valence-electron chi connectivity index (χ3n) is 2.88. The largest absolute Gasteiger partial charge is 0.444 e. The van der Waals surface area contributed by atoms with Crippen molar-refractivity contribution in [3.05, 3.63) is 80.3 Å². The molecule has 2 aromatic carbocycles. The van der Waals surface area contributed by atoms with Gasteiger partial charge in [0.2, 0.25) is 5.69 Å². The number of nitrogens with one attached hydrogen (secondary N) is 1. The molecule has 1 N–H and O–H groups in total. The molecule has 0 spiro atoms. The molecule has 1 heterocycles. The number of H-pyrrole nitrogens is 1. The lowest BCUT2D eigenvalue weighted by Gasteiger charge is -1.91. The van der Waals surface area contributed by atoms with Crippen molar-refractivity contribution in [3.63, 3.8) is 0 Å². The van der Waals surface area contributed by atoms with E-state index in [1.165, 1.54) is 4.68 Å². The molecule has 0 aliphatic heterocycles. The second-order valence-corrected chi connectivity index (χ2v) is 5.27. The Kier molecular flexibility index (Phi) is 4.01. The van der Waals surface area contributed by atoms with Crippen molar-refractivity contribution >= 4 is 23.2 Å². The summed E-state index contributed by atoms with van der Waals surface area (Å²) in [6.07, 6.45) is 0. The molecule has 1 aromatic heterocycles. The molecule has 0 fully saturated rings. The summed E-state index contributed by atoms with van der Waals surface area (Å²) in [6.45, 7) is 0. The number of aromatic nitrogens is 2. The van der Waals surface area contributed by atoms with Gasteiger partial charge in [0, 0.05) is 33.7 Å². The molecule has 0 atom stereocenters. The lowest BCUT2D eigenvalue weighted by atomic mass is 10.2.